The van der Waals surface area contributed by atoms with Crippen molar-refractivity contribution in [3.05, 3.63) is 208 Å². The van der Waals surface area contributed by atoms with Crippen LogP contribution in [0.5, 0.6) is 5.75 Å². The second-order valence-corrected chi connectivity index (χ2v) is 16.7. The molecule has 1 heterocycles. The van der Waals surface area contributed by atoms with E-state index < -0.39 is 5.24 Å². The zero-order chi connectivity index (χ0) is 49.7. The van der Waals surface area contributed by atoms with E-state index in [0.717, 1.165) is 22.3 Å². The van der Waals surface area contributed by atoms with E-state index in [4.69, 9.17) is 27.1 Å². The highest BCUT2D eigenvalue weighted by molar-refractivity contribution is 6.67. The lowest BCUT2D eigenvalue weighted by Gasteiger charge is -2.14. The molecule has 7 aromatic rings. The third-order valence-corrected chi connectivity index (χ3v) is 9.00. The summed E-state index contributed by atoms with van der Waals surface area (Å²) in [6.07, 6.45) is 0. The third-order valence-electron chi connectivity index (χ3n) is 8.78. The second-order valence-electron chi connectivity index (χ2n) is 16.4. The highest BCUT2D eigenvalue weighted by Gasteiger charge is 2.21. The molecule has 0 atom stereocenters. The van der Waals surface area contributed by atoms with Crippen molar-refractivity contribution in [3.8, 4) is 52.7 Å². The predicted octanol–water partition coefficient (Wildman–Crippen LogP) is 11.7. The number of nitrogens with zero attached hydrogens (tertiary/aromatic N) is 3. The van der Waals surface area contributed by atoms with Gasteiger partial charge in [0.2, 0.25) is 0 Å². The molecular weight excluding hydrogens is 889 g/mol. The lowest BCUT2D eigenvalue weighted by atomic mass is 9.96. The summed E-state index contributed by atoms with van der Waals surface area (Å²) >= 11 is 5.33. The molecular formula is C55H46ClF3N4O5. The average molecular weight is 935 g/mol. The third kappa shape index (κ3) is 18.3. The van der Waals surface area contributed by atoms with Crippen LogP contribution in [0.25, 0.3) is 11.5 Å². The van der Waals surface area contributed by atoms with E-state index in [1.807, 2.05) is 65.8 Å². The van der Waals surface area contributed by atoms with Crippen molar-refractivity contribution in [1.82, 2.24) is 10.1 Å². The number of ether oxygens (including phenoxy) is 1. The Hall–Kier alpha value is -8.37. The average Bonchev–Trinajstić information content (AvgIpc) is 3.83. The van der Waals surface area contributed by atoms with Crippen molar-refractivity contribution in [2.24, 2.45) is 16.3 Å². The number of oxime groups is 1. The summed E-state index contributed by atoms with van der Waals surface area (Å²) in [5.74, 6) is 18.4. The van der Waals surface area contributed by atoms with E-state index >= 15 is 0 Å². The van der Waals surface area contributed by atoms with Gasteiger partial charge in [0.1, 0.15) is 29.0 Å². The minimum atomic E-state index is -0.500. The lowest BCUT2D eigenvalue weighted by molar-refractivity contribution is -0.120. The van der Waals surface area contributed by atoms with Gasteiger partial charge in [0.15, 0.2) is 5.82 Å². The summed E-state index contributed by atoms with van der Waals surface area (Å²) in [6, 6.07) is 39.2. The Morgan fingerprint density at radius 3 is 1.37 bits per heavy atom. The van der Waals surface area contributed by atoms with Crippen LogP contribution in [0, 0.1) is 58.4 Å². The minimum Gasteiger partial charge on any atom is -0.429 e. The number of nitrogens with two attached hydrogens (primary N) is 1. The quantitative estimate of drug-likeness (QED) is 0.0338. The fourth-order valence-corrected chi connectivity index (χ4v) is 5.11. The first-order valence-electron chi connectivity index (χ1n) is 20.6. The number of rotatable bonds is 4. The number of carbonyl (C=O) groups excluding carboxylic acids is 2. The molecule has 0 aliphatic rings. The van der Waals surface area contributed by atoms with Gasteiger partial charge in [-0.2, -0.15) is 4.98 Å². The van der Waals surface area contributed by atoms with E-state index in [9.17, 15) is 22.8 Å². The van der Waals surface area contributed by atoms with Crippen LogP contribution in [0.2, 0.25) is 0 Å². The molecule has 6 aromatic carbocycles. The molecule has 0 aliphatic carbocycles. The molecule has 1 aromatic heterocycles. The van der Waals surface area contributed by atoms with Gasteiger partial charge in [-0.15, -0.1) is 0 Å². The molecule has 13 heteroatoms. The van der Waals surface area contributed by atoms with Crippen LogP contribution in [-0.4, -0.2) is 32.9 Å². The Morgan fingerprint density at radius 2 is 1.04 bits per heavy atom. The topological polar surface area (TPSA) is 141 Å². The Labute approximate surface area is 398 Å². The number of hydrogen-bond acceptors (Lipinski definition) is 8. The van der Waals surface area contributed by atoms with Gasteiger partial charge < -0.3 is 20.2 Å². The van der Waals surface area contributed by atoms with E-state index in [-0.39, 0.29) is 34.1 Å². The fourth-order valence-electron chi connectivity index (χ4n) is 4.98. The maximum atomic E-state index is 13.1. The Morgan fingerprint density at radius 1 is 0.647 bits per heavy atom. The molecule has 344 valence electrons. The SMILES string of the molecule is CC(C)(C)/C(N)=N/O.CC(C)(C)c1noc(-c2ccc(C#Cc3cccc(F)c3)cc2)n1.O=C(Cl)c1ccc(C#Cc2cccc(F)c2)cc1.O=COc1ccc(C#Cc2cccc(F)c2)cc1. The molecule has 7 rings (SSSR count). The molecule has 0 saturated heterocycles. The molecule has 0 saturated carbocycles. The van der Waals surface area contributed by atoms with Crippen LogP contribution in [-0.2, 0) is 10.2 Å². The van der Waals surface area contributed by atoms with Crippen molar-refractivity contribution in [2.75, 3.05) is 0 Å². The molecule has 3 N–H and O–H groups in total. The monoisotopic (exact) mass is 934 g/mol. The molecule has 0 spiro atoms. The molecule has 0 radical (unpaired) electrons. The Kier molecular flexibility index (Phi) is 19.5. The van der Waals surface area contributed by atoms with Crippen LogP contribution in [0.15, 0.2) is 155 Å². The number of benzene rings is 6. The normalized spacial score (nSPS) is 10.5. The van der Waals surface area contributed by atoms with Gasteiger partial charge in [0.25, 0.3) is 17.6 Å². The first kappa shape index (κ1) is 52.3. The molecule has 0 aliphatic heterocycles. The maximum absolute atomic E-state index is 13.1. The zero-order valence-electron chi connectivity index (χ0n) is 37.9. The lowest BCUT2D eigenvalue weighted by Crippen LogP contribution is -2.28. The Balaban J connectivity index is 0.000000208. The van der Waals surface area contributed by atoms with Gasteiger partial charge in [0, 0.05) is 55.3 Å². The van der Waals surface area contributed by atoms with E-state index in [1.165, 1.54) is 36.4 Å². The fraction of sp³-hybridized carbons (Fsp3) is 0.145. The highest BCUT2D eigenvalue weighted by atomic mass is 35.5. The highest BCUT2D eigenvalue weighted by Crippen LogP contribution is 2.24. The van der Waals surface area contributed by atoms with Gasteiger partial charge in [-0.05, 0) is 139 Å². The van der Waals surface area contributed by atoms with Crippen LogP contribution in [0.4, 0.5) is 13.2 Å². The van der Waals surface area contributed by atoms with Gasteiger partial charge in [0.05, 0.1) is 0 Å². The van der Waals surface area contributed by atoms with E-state index in [0.29, 0.717) is 46.2 Å². The minimum absolute atomic E-state index is 0.155. The van der Waals surface area contributed by atoms with Crippen LogP contribution >= 0.6 is 11.6 Å². The van der Waals surface area contributed by atoms with Crippen LogP contribution in [0.3, 0.4) is 0 Å². The summed E-state index contributed by atoms with van der Waals surface area (Å²) in [6.45, 7) is 12.1. The number of aromatic nitrogens is 2. The number of hydrogen-bond donors (Lipinski definition) is 2. The van der Waals surface area contributed by atoms with Crippen molar-refractivity contribution in [3.63, 3.8) is 0 Å². The number of carbonyl (C=O) groups is 2. The summed E-state index contributed by atoms with van der Waals surface area (Å²) in [5, 5.41) is 14.5. The van der Waals surface area contributed by atoms with Gasteiger partial charge in [-0.3, -0.25) is 9.59 Å². The van der Waals surface area contributed by atoms with Crippen molar-refractivity contribution >= 4 is 29.2 Å². The molecule has 9 nitrogen and oxygen atoms in total. The molecule has 0 amide bonds. The Bertz CT molecular complexity index is 3010. The standard InChI is InChI=1S/C20H17FN2O.C15H8ClFO.C15H9FO2.C5H12N2O/c1-20(2,3)19-22-18(24-23-19)16-11-9-14(10-12-16)7-8-15-5-4-6-17(21)13-15;16-15(18)13-8-6-11(7-9-13)4-5-12-2-1-3-14(17)10-12;16-14-3-1-2-13(10-14)5-4-12-6-8-15(9-7-12)18-11-17;1-5(2,3)4(6)7-8/h4-6,9-13H,1-3H3;1-3,6-10H;1-3,6-11H;8H,1-3H3,(H2,6,7). The zero-order valence-corrected chi connectivity index (χ0v) is 38.7. The van der Waals surface area contributed by atoms with Crippen molar-refractivity contribution in [2.45, 2.75) is 47.0 Å². The van der Waals surface area contributed by atoms with Crippen LogP contribution in [0.1, 0.15) is 91.1 Å². The smallest absolute Gasteiger partial charge is 0.298 e. The molecule has 0 unspecified atom stereocenters. The number of amidine groups is 1. The summed E-state index contributed by atoms with van der Waals surface area (Å²) in [7, 11) is 0. The van der Waals surface area contributed by atoms with Gasteiger partial charge >= 0.3 is 0 Å². The number of halogens is 4. The first-order valence-corrected chi connectivity index (χ1v) is 21.0. The summed E-state index contributed by atoms with van der Waals surface area (Å²) < 4.78 is 48.9. The molecule has 68 heavy (non-hydrogen) atoms. The molecule has 0 fully saturated rings. The summed E-state index contributed by atoms with van der Waals surface area (Å²) in [5.41, 5.74) is 10.3. The van der Waals surface area contributed by atoms with Crippen molar-refractivity contribution < 1.29 is 37.2 Å². The van der Waals surface area contributed by atoms with Gasteiger partial charge in [-0.25, -0.2) is 13.2 Å². The van der Waals surface area contributed by atoms with E-state index in [2.05, 4.69) is 55.6 Å². The molecule has 0 bridgehead atoms. The largest absolute Gasteiger partial charge is 0.429 e. The van der Waals surface area contributed by atoms with Crippen molar-refractivity contribution in [1.29, 1.82) is 0 Å². The maximum Gasteiger partial charge on any atom is 0.298 e. The van der Waals surface area contributed by atoms with Gasteiger partial charge in [-0.1, -0.05) is 106 Å². The van der Waals surface area contributed by atoms with E-state index in [1.54, 1.807) is 84.9 Å². The second kappa shape index (κ2) is 25.4. The van der Waals surface area contributed by atoms with Crippen LogP contribution < -0.4 is 10.5 Å². The predicted molar refractivity (Wildman–Crippen MR) is 258 cm³/mol. The first-order chi connectivity index (χ1) is 32.3. The summed E-state index contributed by atoms with van der Waals surface area (Å²) in [4.78, 5) is 25.4.